The van der Waals surface area contributed by atoms with E-state index < -0.39 is 0 Å². The molecule has 0 spiro atoms. The molecule has 1 aromatic heterocycles. The molecule has 0 saturated carbocycles. The minimum absolute atomic E-state index is 0.0385. The number of urea groups is 1. The molecule has 6 heteroatoms. The summed E-state index contributed by atoms with van der Waals surface area (Å²) in [4.78, 5) is 18.2. The fourth-order valence-electron chi connectivity index (χ4n) is 3.26. The molecular formula is C16H25N3O2S. The van der Waals surface area contributed by atoms with Crippen LogP contribution in [0.4, 0.5) is 4.79 Å². The summed E-state index contributed by atoms with van der Waals surface area (Å²) in [6.45, 7) is 6.94. The van der Waals surface area contributed by atoms with Crippen LogP contribution >= 0.6 is 11.3 Å². The maximum absolute atomic E-state index is 12.4. The monoisotopic (exact) mass is 323 g/mol. The number of rotatable bonds is 4. The van der Waals surface area contributed by atoms with Gasteiger partial charge in [0.2, 0.25) is 0 Å². The third-order valence-corrected chi connectivity index (χ3v) is 5.50. The Morgan fingerprint density at radius 1 is 1.45 bits per heavy atom. The van der Waals surface area contributed by atoms with Gasteiger partial charge in [-0.2, -0.15) is 0 Å². The highest BCUT2D eigenvalue weighted by atomic mass is 32.1. The highest BCUT2D eigenvalue weighted by Gasteiger charge is 2.27. The van der Waals surface area contributed by atoms with Crippen molar-refractivity contribution in [3.8, 4) is 0 Å². The summed E-state index contributed by atoms with van der Waals surface area (Å²) in [5.41, 5.74) is 0. The van der Waals surface area contributed by atoms with Crippen LogP contribution in [0.2, 0.25) is 0 Å². The number of nitrogens with one attached hydrogen (secondary N) is 1. The molecule has 22 heavy (non-hydrogen) atoms. The number of likely N-dealkylation sites (tertiary alicyclic amines) is 1. The van der Waals surface area contributed by atoms with Crippen LogP contribution in [0.1, 0.15) is 30.7 Å². The number of nitrogens with zero attached hydrogens (tertiary/aromatic N) is 2. The van der Waals surface area contributed by atoms with Crippen molar-refractivity contribution in [1.29, 1.82) is 0 Å². The second-order valence-electron chi connectivity index (χ2n) is 6.08. The lowest BCUT2D eigenvalue weighted by Crippen LogP contribution is -2.52. The first-order valence-corrected chi connectivity index (χ1v) is 9.03. The summed E-state index contributed by atoms with van der Waals surface area (Å²) in [6.07, 6.45) is 2.52. The maximum Gasteiger partial charge on any atom is 0.317 e. The van der Waals surface area contributed by atoms with E-state index in [0.29, 0.717) is 32.3 Å². The van der Waals surface area contributed by atoms with E-state index in [1.807, 2.05) is 11.8 Å². The first-order valence-electron chi connectivity index (χ1n) is 8.15. The highest BCUT2D eigenvalue weighted by molar-refractivity contribution is 7.10. The third-order valence-electron chi connectivity index (χ3n) is 4.53. The number of morpholine rings is 1. The minimum atomic E-state index is 0.0385. The molecule has 2 atom stereocenters. The van der Waals surface area contributed by atoms with Crippen LogP contribution in [0.25, 0.3) is 0 Å². The molecule has 1 N–H and O–H groups in total. The zero-order valence-electron chi connectivity index (χ0n) is 13.2. The van der Waals surface area contributed by atoms with Gasteiger partial charge in [0.25, 0.3) is 0 Å². The van der Waals surface area contributed by atoms with Gasteiger partial charge in [-0.1, -0.05) is 6.07 Å². The average Bonchev–Trinajstić information content (AvgIpc) is 3.21. The Labute approximate surface area is 136 Å². The fraction of sp³-hybridized carbons (Fsp3) is 0.688. The Balaban J connectivity index is 1.60. The Morgan fingerprint density at radius 3 is 2.95 bits per heavy atom. The number of hydrogen-bond donors (Lipinski definition) is 1. The summed E-state index contributed by atoms with van der Waals surface area (Å²) in [7, 11) is 0. The Bertz CT molecular complexity index is 474. The molecule has 122 valence electrons. The zero-order chi connectivity index (χ0) is 15.4. The first kappa shape index (κ1) is 15.8. The maximum atomic E-state index is 12.4. The van der Waals surface area contributed by atoms with Gasteiger partial charge in [-0.05, 0) is 44.3 Å². The molecule has 2 saturated heterocycles. The fourth-order valence-corrected chi connectivity index (χ4v) is 4.12. The Morgan fingerprint density at radius 2 is 2.27 bits per heavy atom. The van der Waals surface area contributed by atoms with E-state index in [1.165, 1.54) is 17.7 Å². The van der Waals surface area contributed by atoms with Gasteiger partial charge in [0.05, 0.1) is 25.3 Å². The van der Waals surface area contributed by atoms with Crippen LogP contribution in [-0.2, 0) is 4.74 Å². The van der Waals surface area contributed by atoms with Gasteiger partial charge in [0.1, 0.15) is 0 Å². The summed E-state index contributed by atoms with van der Waals surface area (Å²) >= 11 is 1.78. The lowest BCUT2D eigenvalue weighted by atomic mass is 10.2. The van der Waals surface area contributed by atoms with E-state index in [4.69, 9.17) is 4.74 Å². The quantitative estimate of drug-likeness (QED) is 0.925. The van der Waals surface area contributed by atoms with Crippen molar-refractivity contribution in [1.82, 2.24) is 15.1 Å². The Kier molecular flexibility index (Phi) is 5.33. The highest BCUT2D eigenvalue weighted by Crippen LogP contribution is 2.27. The third kappa shape index (κ3) is 3.62. The minimum Gasteiger partial charge on any atom is -0.377 e. The van der Waals surface area contributed by atoms with E-state index >= 15 is 0 Å². The lowest BCUT2D eigenvalue weighted by molar-refractivity contribution is 0.0187. The van der Waals surface area contributed by atoms with E-state index in [9.17, 15) is 4.79 Å². The van der Waals surface area contributed by atoms with Crippen molar-refractivity contribution in [2.45, 2.75) is 31.8 Å². The van der Waals surface area contributed by atoms with E-state index in [1.54, 1.807) is 11.3 Å². The average molecular weight is 323 g/mol. The Hall–Kier alpha value is -1.11. The molecule has 3 rings (SSSR count). The molecule has 2 aliphatic rings. The SMILES string of the molecule is C[C@H]1COCCN1C(=O)NC[C@H](c1cccs1)N1CCCC1. The van der Waals surface area contributed by atoms with Crippen LogP contribution in [0, 0.1) is 0 Å². The molecule has 0 aliphatic carbocycles. The molecule has 2 aliphatic heterocycles. The number of ether oxygens (including phenoxy) is 1. The summed E-state index contributed by atoms with van der Waals surface area (Å²) in [5, 5.41) is 5.26. The van der Waals surface area contributed by atoms with Crippen LogP contribution in [0.15, 0.2) is 17.5 Å². The van der Waals surface area contributed by atoms with Crippen molar-refractivity contribution in [2.75, 3.05) is 39.4 Å². The van der Waals surface area contributed by atoms with Gasteiger partial charge in [0, 0.05) is 18.0 Å². The number of hydrogen-bond acceptors (Lipinski definition) is 4. The van der Waals surface area contributed by atoms with Gasteiger partial charge in [0.15, 0.2) is 0 Å². The van der Waals surface area contributed by atoms with Crippen molar-refractivity contribution < 1.29 is 9.53 Å². The molecule has 0 aromatic carbocycles. The predicted octanol–water partition coefficient (Wildman–Crippen LogP) is 2.32. The number of carbonyl (C=O) groups excluding carboxylic acids is 1. The number of carbonyl (C=O) groups is 1. The van der Waals surface area contributed by atoms with Crippen molar-refractivity contribution in [3.05, 3.63) is 22.4 Å². The van der Waals surface area contributed by atoms with Crippen LogP contribution in [-0.4, -0.2) is 61.3 Å². The van der Waals surface area contributed by atoms with Gasteiger partial charge < -0.3 is 15.0 Å². The second-order valence-corrected chi connectivity index (χ2v) is 7.06. The predicted molar refractivity (Wildman–Crippen MR) is 88.3 cm³/mol. The molecule has 0 radical (unpaired) electrons. The second kappa shape index (κ2) is 7.44. The van der Waals surface area contributed by atoms with E-state index in [-0.39, 0.29) is 12.1 Å². The number of amides is 2. The van der Waals surface area contributed by atoms with Crippen LogP contribution in [0.5, 0.6) is 0 Å². The van der Waals surface area contributed by atoms with Gasteiger partial charge in [-0.3, -0.25) is 4.90 Å². The summed E-state index contributed by atoms with van der Waals surface area (Å²) in [6, 6.07) is 4.77. The molecule has 0 unspecified atom stereocenters. The molecule has 0 bridgehead atoms. The number of thiophene rings is 1. The topological polar surface area (TPSA) is 44.8 Å². The molecule has 1 aromatic rings. The van der Waals surface area contributed by atoms with Crippen molar-refractivity contribution in [3.63, 3.8) is 0 Å². The standard InChI is InChI=1S/C16H25N3O2S/c1-13-12-21-9-8-19(13)16(20)17-11-14(15-5-4-10-22-15)18-6-2-3-7-18/h4-5,10,13-14H,2-3,6-9,11-12H2,1H3,(H,17,20)/t13-,14+/m0/s1. The normalized spacial score (nSPS) is 24.4. The van der Waals surface area contributed by atoms with Gasteiger partial charge in [-0.15, -0.1) is 11.3 Å². The van der Waals surface area contributed by atoms with Crippen molar-refractivity contribution in [2.24, 2.45) is 0 Å². The molecular weight excluding hydrogens is 298 g/mol. The molecule has 5 nitrogen and oxygen atoms in total. The molecule has 3 heterocycles. The first-order chi connectivity index (χ1) is 10.8. The van der Waals surface area contributed by atoms with Gasteiger partial charge >= 0.3 is 6.03 Å². The van der Waals surface area contributed by atoms with Crippen molar-refractivity contribution >= 4 is 17.4 Å². The zero-order valence-corrected chi connectivity index (χ0v) is 14.0. The smallest absolute Gasteiger partial charge is 0.317 e. The molecule has 2 fully saturated rings. The molecule has 2 amide bonds. The summed E-state index contributed by atoms with van der Waals surface area (Å²) < 4.78 is 5.40. The summed E-state index contributed by atoms with van der Waals surface area (Å²) in [5.74, 6) is 0. The van der Waals surface area contributed by atoms with Crippen LogP contribution in [0.3, 0.4) is 0 Å². The largest absolute Gasteiger partial charge is 0.377 e. The van der Waals surface area contributed by atoms with E-state index in [0.717, 1.165) is 13.1 Å². The lowest BCUT2D eigenvalue weighted by Gasteiger charge is -2.34. The van der Waals surface area contributed by atoms with E-state index in [2.05, 4.69) is 27.7 Å². The van der Waals surface area contributed by atoms with Crippen LogP contribution < -0.4 is 5.32 Å². The van der Waals surface area contributed by atoms with Gasteiger partial charge in [-0.25, -0.2) is 4.79 Å².